The Labute approximate surface area is 76.7 Å². The average molecular weight is 174 g/mol. The van der Waals surface area contributed by atoms with E-state index in [1.807, 2.05) is 24.3 Å². The highest BCUT2D eigenvalue weighted by Gasteiger charge is 2.02. The summed E-state index contributed by atoms with van der Waals surface area (Å²) in [6.07, 6.45) is 0. The maximum atomic E-state index is 8.80. The van der Waals surface area contributed by atoms with Crippen molar-refractivity contribution in [2.24, 2.45) is 5.73 Å². The first-order valence-corrected chi connectivity index (χ1v) is 3.84. The van der Waals surface area contributed by atoms with Crippen molar-refractivity contribution in [1.82, 2.24) is 0 Å². The van der Waals surface area contributed by atoms with Crippen molar-refractivity contribution in [2.75, 3.05) is 6.61 Å². The van der Waals surface area contributed by atoms with Crippen LogP contribution < -0.4 is 5.73 Å². The predicted octanol–water partition coefficient (Wildman–Crippen LogP) is 0.872. The van der Waals surface area contributed by atoms with Gasteiger partial charge in [-0.15, -0.1) is 0 Å². The molecule has 0 saturated heterocycles. The summed E-state index contributed by atoms with van der Waals surface area (Å²) in [5, 5.41) is 17.4. The van der Waals surface area contributed by atoms with Gasteiger partial charge in [0.05, 0.1) is 23.9 Å². The number of aliphatic hydroxyl groups excluding tert-OH is 1. The van der Waals surface area contributed by atoms with Crippen molar-refractivity contribution in [3.05, 3.63) is 41.5 Å². The Morgan fingerprint density at radius 3 is 2.46 bits per heavy atom. The van der Waals surface area contributed by atoms with Crippen LogP contribution in [0, 0.1) is 11.3 Å². The molecule has 0 bridgehead atoms. The Hall–Kier alpha value is -1.79. The van der Waals surface area contributed by atoms with E-state index in [2.05, 4.69) is 0 Å². The number of benzene rings is 1. The van der Waals surface area contributed by atoms with Gasteiger partial charge in [-0.3, -0.25) is 0 Å². The van der Waals surface area contributed by atoms with Crippen LogP contribution in [-0.2, 0) is 0 Å². The van der Waals surface area contributed by atoms with Crippen LogP contribution in [0.3, 0.4) is 0 Å². The summed E-state index contributed by atoms with van der Waals surface area (Å²) in [5.74, 6) is 0. The van der Waals surface area contributed by atoms with E-state index in [9.17, 15) is 0 Å². The fourth-order valence-corrected chi connectivity index (χ4v) is 0.973. The summed E-state index contributed by atoms with van der Waals surface area (Å²) in [5.41, 5.74) is 6.95. The lowest BCUT2D eigenvalue weighted by Crippen LogP contribution is -2.03. The molecule has 0 aromatic heterocycles. The smallest absolute Gasteiger partial charge is 0.0993 e. The second-order valence-electron chi connectivity index (χ2n) is 2.53. The molecule has 66 valence electrons. The molecule has 0 saturated carbocycles. The quantitative estimate of drug-likeness (QED) is 0.653. The van der Waals surface area contributed by atoms with Gasteiger partial charge in [-0.2, -0.15) is 5.26 Å². The highest BCUT2D eigenvalue weighted by atomic mass is 16.3. The van der Waals surface area contributed by atoms with Crippen LogP contribution in [0.25, 0.3) is 5.70 Å². The third kappa shape index (κ3) is 2.08. The molecule has 3 nitrogen and oxygen atoms in total. The van der Waals surface area contributed by atoms with Crippen molar-refractivity contribution in [1.29, 1.82) is 5.26 Å². The Morgan fingerprint density at radius 2 is 2.00 bits per heavy atom. The van der Waals surface area contributed by atoms with Crippen LogP contribution in [0.5, 0.6) is 0 Å². The first-order valence-electron chi connectivity index (χ1n) is 3.84. The van der Waals surface area contributed by atoms with Gasteiger partial charge in [0.2, 0.25) is 0 Å². The molecule has 3 N–H and O–H groups in total. The summed E-state index contributed by atoms with van der Waals surface area (Å²) < 4.78 is 0. The molecular weight excluding hydrogens is 164 g/mol. The Balaban J connectivity index is 3.11. The van der Waals surface area contributed by atoms with Gasteiger partial charge in [0.1, 0.15) is 0 Å². The maximum Gasteiger partial charge on any atom is 0.0993 e. The molecule has 0 aliphatic rings. The molecule has 1 aromatic rings. The molecule has 1 aromatic carbocycles. The van der Waals surface area contributed by atoms with Gasteiger partial charge in [-0.05, 0) is 5.56 Å². The topological polar surface area (TPSA) is 70.0 Å². The zero-order valence-electron chi connectivity index (χ0n) is 7.07. The first kappa shape index (κ1) is 9.30. The number of nitrogens with two attached hydrogens (primary N) is 1. The first-order chi connectivity index (χ1) is 6.29. The molecule has 0 spiro atoms. The molecule has 0 aliphatic heterocycles. The van der Waals surface area contributed by atoms with E-state index in [0.717, 1.165) is 5.56 Å². The molecular formula is C10H10N2O. The molecule has 3 heteroatoms. The number of hydrogen-bond donors (Lipinski definition) is 2. The summed E-state index contributed by atoms with van der Waals surface area (Å²) in [6, 6.07) is 11.0. The fraction of sp³-hybridized carbons (Fsp3) is 0.100. The number of rotatable bonds is 2. The Kier molecular flexibility index (Phi) is 3.07. The van der Waals surface area contributed by atoms with Gasteiger partial charge in [-0.25, -0.2) is 0 Å². The van der Waals surface area contributed by atoms with Gasteiger partial charge in [0, 0.05) is 0 Å². The minimum Gasteiger partial charge on any atom is -0.397 e. The molecule has 0 amide bonds. The fourth-order valence-electron chi connectivity index (χ4n) is 0.973. The van der Waals surface area contributed by atoms with E-state index in [0.29, 0.717) is 5.70 Å². The molecule has 0 fully saturated rings. The largest absolute Gasteiger partial charge is 0.397 e. The van der Waals surface area contributed by atoms with Crippen LogP contribution in [0.2, 0.25) is 0 Å². The standard InChI is InChI=1S/C10H10N2O/c11-6-9(7-13)10(12)8-4-2-1-3-5-8/h1-5,13H,7,12H2/b10-9-. The number of nitrogens with zero attached hydrogens (tertiary/aromatic N) is 1. The molecule has 0 radical (unpaired) electrons. The monoisotopic (exact) mass is 174 g/mol. The van der Waals surface area contributed by atoms with E-state index in [-0.39, 0.29) is 12.2 Å². The van der Waals surface area contributed by atoms with Gasteiger partial charge < -0.3 is 10.8 Å². The number of nitriles is 1. The minimum absolute atomic E-state index is 0.200. The lowest BCUT2D eigenvalue weighted by Gasteiger charge is -2.02. The third-order valence-electron chi connectivity index (χ3n) is 1.70. The highest BCUT2D eigenvalue weighted by Crippen LogP contribution is 2.11. The minimum atomic E-state index is -0.322. The maximum absolute atomic E-state index is 8.80. The van der Waals surface area contributed by atoms with Crippen molar-refractivity contribution < 1.29 is 5.11 Å². The molecule has 0 atom stereocenters. The Morgan fingerprint density at radius 1 is 1.38 bits per heavy atom. The second-order valence-corrected chi connectivity index (χ2v) is 2.53. The van der Waals surface area contributed by atoms with E-state index in [4.69, 9.17) is 16.1 Å². The third-order valence-corrected chi connectivity index (χ3v) is 1.70. The molecule has 1 rings (SSSR count). The van der Waals surface area contributed by atoms with Crippen LogP contribution in [0.1, 0.15) is 5.56 Å². The van der Waals surface area contributed by atoms with Gasteiger partial charge in [-0.1, -0.05) is 30.3 Å². The number of hydrogen-bond acceptors (Lipinski definition) is 3. The van der Waals surface area contributed by atoms with Crippen molar-refractivity contribution in [2.45, 2.75) is 0 Å². The predicted molar refractivity (Wildman–Crippen MR) is 50.2 cm³/mol. The van der Waals surface area contributed by atoms with E-state index in [1.54, 1.807) is 12.1 Å². The van der Waals surface area contributed by atoms with Crippen LogP contribution in [-0.4, -0.2) is 11.7 Å². The lowest BCUT2D eigenvalue weighted by molar-refractivity contribution is 0.336. The zero-order valence-corrected chi connectivity index (χ0v) is 7.07. The lowest BCUT2D eigenvalue weighted by atomic mass is 10.1. The summed E-state index contributed by atoms with van der Waals surface area (Å²) in [7, 11) is 0. The molecule has 0 unspecified atom stereocenters. The SMILES string of the molecule is N#C/C(CO)=C(/N)c1ccccc1. The zero-order chi connectivity index (χ0) is 9.68. The van der Waals surface area contributed by atoms with E-state index >= 15 is 0 Å². The average Bonchev–Trinajstić information content (AvgIpc) is 2.21. The van der Waals surface area contributed by atoms with Crippen LogP contribution >= 0.6 is 0 Å². The van der Waals surface area contributed by atoms with Crippen LogP contribution in [0.4, 0.5) is 0 Å². The molecule has 13 heavy (non-hydrogen) atoms. The van der Waals surface area contributed by atoms with Gasteiger partial charge >= 0.3 is 0 Å². The second kappa shape index (κ2) is 4.29. The summed E-state index contributed by atoms with van der Waals surface area (Å²) in [6.45, 7) is -0.322. The summed E-state index contributed by atoms with van der Waals surface area (Å²) in [4.78, 5) is 0. The van der Waals surface area contributed by atoms with Gasteiger partial charge in [0.15, 0.2) is 0 Å². The Bertz CT molecular complexity index is 349. The normalized spacial score (nSPS) is 11.7. The molecule has 0 aliphatic carbocycles. The highest BCUT2D eigenvalue weighted by molar-refractivity contribution is 5.69. The van der Waals surface area contributed by atoms with Crippen molar-refractivity contribution in [3.63, 3.8) is 0 Å². The molecule has 0 heterocycles. The number of aliphatic hydroxyl groups is 1. The van der Waals surface area contributed by atoms with E-state index in [1.165, 1.54) is 0 Å². The van der Waals surface area contributed by atoms with Crippen molar-refractivity contribution in [3.8, 4) is 6.07 Å². The summed E-state index contributed by atoms with van der Waals surface area (Å²) >= 11 is 0. The van der Waals surface area contributed by atoms with Crippen molar-refractivity contribution >= 4 is 5.70 Å². The van der Waals surface area contributed by atoms with Crippen LogP contribution in [0.15, 0.2) is 35.9 Å². The van der Waals surface area contributed by atoms with Gasteiger partial charge in [0.25, 0.3) is 0 Å². The van der Waals surface area contributed by atoms with E-state index < -0.39 is 0 Å².